The lowest BCUT2D eigenvalue weighted by atomic mass is 10.1. The molecule has 0 saturated carbocycles. The van der Waals surface area contributed by atoms with Crippen molar-refractivity contribution < 1.29 is 27.5 Å². The summed E-state index contributed by atoms with van der Waals surface area (Å²) < 4.78 is 43.3. The second-order valence-corrected chi connectivity index (χ2v) is 8.41. The molecule has 0 aliphatic rings. The fraction of sp³-hybridized carbons (Fsp3) is 0.304. The van der Waals surface area contributed by atoms with Gasteiger partial charge in [-0.1, -0.05) is 36.5 Å². The van der Waals surface area contributed by atoms with E-state index in [-0.39, 0.29) is 30.0 Å². The number of hydrogen-bond donors (Lipinski definition) is 2. The van der Waals surface area contributed by atoms with Crippen LogP contribution in [0.4, 0.5) is 28.8 Å². The number of rotatable bonds is 9. The van der Waals surface area contributed by atoms with Crippen molar-refractivity contribution >= 4 is 34.1 Å². The lowest BCUT2D eigenvalue weighted by molar-refractivity contribution is -0.137. The fourth-order valence-corrected chi connectivity index (χ4v) is 3.86. The molecule has 0 bridgehead atoms. The molecule has 0 aliphatic carbocycles. The van der Waals surface area contributed by atoms with Crippen molar-refractivity contribution in [3.63, 3.8) is 0 Å². The Labute approximate surface area is 204 Å². The van der Waals surface area contributed by atoms with E-state index in [4.69, 9.17) is 4.74 Å². The maximum Gasteiger partial charge on any atom is 0.416 e. The molecule has 0 fully saturated rings. The third kappa shape index (κ3) is 7.41. The average molecular weight is 508 g/mol. The number of aromatic nitrogens is 2. The first kappa shape index (κ1) is 25.9. The number of halogens is 3. The molecule has 3 aromatic rings. The van der Waals surface area contributed by atoms with Gasteiger partial charge in [-0.3, -0.25) is 4.79 Å². The van der Waals surface area contributed by atoms with Gasteiger partial charge in [0.2, 0.25) is 11.0 Å². The van der Waals surface area contributed by atoms with Crippen LogP contribution < -0.4 is 15.4 Å². The number of urea groups is 1. The number of alkyl halides is 3. The van der Waals surface area contributed by atoms with Crippen LogP contribution in [0, 0.1) is 0 Å². The molecule has 0 atom stereocenters. The summed E-state index contributed by atoms with van der Waals surface area (Å²) in [7, 11) is 1.54. The van der Waals surface area contributed by atoms with Crippen molar-refractivity contribution in [2.75, 3.05) is 30.8 Å². The first-order valence-corrected chi connectivity index (χ1v) is 11.5. The van der Waals surface area contributed by atoms with Gasteiger partial charge >= 0.3 is 12.2 Å². The number of benzene rings is 2. The van der Waals surface area contributed by atoms with Gasteiger partial charge in [0.25, 0.3) is 0 Å². The van der Waals surface area contributed by atoms with E-state index in [9.17, 15) is 22.8 Å². The van der Waals surface area contributed by atoms with Crippen molar-refractivity contribution in [3.05, 3.63) is 54.1 Å². The quantitative estimate of drug-likeness (QED) is 0.398. The van der Waals surface area contributed by atoms with Crippen molar-refractivity contribution in [3.8, 4) is 16.3 Å². The van der Waals surface area contributed by atoms with Gasteiger partial charge in [-0.25, -0.2) is 4.79 Å². The first-order valence-electron chi connectivity index (χ1n) is 10.7. The Balaban J connectivity index is 1.55. The molecule has 3 rings (SSSR count). The number of nitrogens with one attached hydrogen (secondary N) is 2. The molecule has 0 spiro atoms. The Hall–Kier alpha value is -3.67. The highest BCUT2D eigenvalue weighted by molar-refractivity contribution is 7.18. The minimum atomic E-state index is -4.42. The Kier molecular flexibility index (Phi) is 8.63. The van der Waals surface area contributed by atoms with E-state index in [2.05, 4.69) is 20.8 Å². The minimum Gasteiger partial charge on any atom is -0.497 e. The molecule has 0 saturated heterocycles. The van der Waals surface area contributed by atoms with Crippen LogP contribution in [-0.4, -0.2) is 47.2 Å². The van der Waals surface area contributed by atoms with E-state index in [0.29, 0.717) is 35.0 Å². The Bertz CT molecular complexity index is 1150. The van der Waals surface area contributed by atoms with Crippen LogP contribution in [0.1, 0.15) is 25.3 Å². The molecule has 0 radical (unpaired) electrons. The summed E-state index contributed by atoms with van der Waals surface area (Å²) in [4.78, 5) is 26.6. The van der Waals surface area contributed by atoms with Gasteiger partial charge < -0.3 is 20.3 Å². The van der Waals surface area contributed by atoms with Gasteiger partial charge in [0.05, 0.1) is 12.7 Å². The van der Waals surface area contributed by atoms with Gasteiger partial charge in [-0.2, -0.15) is 13.2 Å². The lowest BCUT2D eigenvalue weighted by Crippen LogP contribution is -2.37. The molecule has 8 nitrogen and oxygen atoms in total. The van der Waals surface area contributed by atoms with Crippen molar-refractivity contribution in [2.45, 2.75) is 25.9 Å². The second-order valence-electron chi connectivity index (χ2n) is 7.43. The predicted octanol–water partition coefficient (Wildman–Crippen LogP) is 5.51. The third-order valence-electron chi connectivity index (χ3n) is 4.84. The zero-order valence-electron chi connectivity index (χ0n) is 19.1. The highest BCUT2D eigenvalue weighted by atomic mass is 32.1. The average Bonchev–Trinajstić information content (AvgIpc) is 3.29. The Morgan fingerprint density at radius 3 is 2.46 bits per heavy atom. The van der Waals surface area contributed by atoms with E-state index >= 15 is 0 Å². The number of carbonyl (C=O) groups is 2. The largest absolute Gasteiger partial charge is 0.497 e. The summed E-state index contributed by atoms with van der Waals surface area (Å²) >= 11 is 1.04. The molecule has 186 valence electrons. The highest BCUT2D eigenvalue weighted by Gasteiger charge is 2.30. The van der Waals surface area contributed by atoms with Crippen LogP contribution in [0.15, 0.2) is 48.5 Å². The van der Waals surface area contributed by atoms with Crippen molar-refractivity contribution in [1.82, 2.24) is 15.1 Å². The van der Waals surface area contributed by atoms with E-state index in [1.54, 1.807) is 24.3 Å². The number of nitrogens with zero attached hydrogens (tertiary/aromatic N) is 3. The van der Waals surface area contributed by atoms with Gasteiger partial charge in [0, 0.05) is 36.8 Å². The number of methoxy groups -OCH3 is 1. The smallest absolute Gasteiger partial charge is 0.416 e. The number of anilines is 2. The van der Waals surface area contributed by atoms with E-state index in [1.807, 2.05) is 6.92 Å². The van der Waals surface area contributed by atoms with E-state index < -0.39 is 11.7 Å². The van der Waals surface area contributed by atoms with Crippen LogP contribution in [0.5, 0.6) is 5.75 Å². The molecule has 2 N–H and O–H groups in total. The molecule has 1 heterocycles. The van der Waals surface area contributed by atoms with Crippen LogP contribution in [0.2, 0.25) is 0 Å². The number of ether oxygens (including phenoxy) is 1. The lowest BCUT2D eigenvalue weighted by Gasteiger charge is -2.22. The molecule has 35 heavy (non-hydrogen) atoms. The molecular formula is C23H24F3N5O3S. The summed E-state index contributed by atoms with van der Waals surface area (Å²) in [6.45, 7) is 2.57. The first-order chi connectivity index (χ1) is 16.7. The van der Waals surface area contributed by atoms with Crippen LogP contribution in [-0.2, 0) is 11.0 Å². The number of carbonyl (C=O) groups excluding carboxylic acids is 2. The molecule has 12 heteroatoms. The van der Waals surface area contributed by atoms with Crippen molar-refractivity contribution in [1.29, 1.82) is 0 Å². The zero-order valence-corrected chi connectivity index (χ0v) is 19.9. The topological polar surface area (TPSA) is 96.5 Å². The van der Waals surface area contributed by atoms with E-state index in [0.717, 1.165) is 23.5 Å². The van der Waals surface area contributed by atoms with Crippen LogP contribution in [0.25, 0.3) is 10.6 Å². The number of amides is 3. The zero-order chi connectivity index (χ0) is 25.4. The molecule has 0 unspecified atom stereocenters. The predicted molar refractivity (Wildman–Crippen MR) is 127 cm³/mol. The van der Waals surface area contributed by atoms with Crippen molar-refractivity contribution in [2.24, 2.45) is 0 Å². The SMILES string of the molecule is CCCN(CCC(=O)Nc1nnc(-c2ccc(C(F)(F)F)cc2)s1)C(=O)Nc1cccc(OC)c1. The fourth-order valence-electron chi connectivity index (χ4n) is 3.10. The van der Waals surface area contributed by atoms with Gasteiger partial charge in [-0.15, -0.1) is 10.2 Å². The highest BCUT2D eigenvalue weighted by Crippen LogP contribution is 2.32. The molecule has 2 aromatic carbocycles. The normalized spacial score (nSPS) is 11.1. The summed E-state index contributed by atoms with van der Waals surface area (Å²) in [5, 5.41) is 13.8. The van der Waals surface area contributed by atoms with Crippen LogP contribution in [0.3, 0.4) is 0 Å². The monoisotopic (exact) mass is 507 g/mol. The summed E-state index contributed by atoms with van der Waals surface area (Å²) in [5.74, 6) is 0.243. The Morgan fingerprint density at radius 2 is 1.80 bits per heavy atom. The molecule has 0 aliphatic heterocycles. The molecule has 3 amide bonds. The maximum atomic E-state index is 12.7. The van der Waals surface area contributed by atoms with Gasteiger partial charge in [0.15, 0.2) is 0 Å². The Morgan fingerprint density at radius 1 is 1.06 bits per heavy atom. The van der Waals surface area contributed by atoms with Gasteiger partial charge in [0.1, 0.15) is 10.8 Å². The summed E-state index contributed by atoms with van der Waals surface area (Å²) in [6, 6.07) is 11.2. The molecular weight excluding hydrogens is 483 g/mol. The maximum absolute atomic E-state index is 12.7. The number of hydrogen-bond acceptors (Lipinski definition) is 6. The van der Waals surface area contributed by atoms with Crippen LogP contribution >= 0.6 is 11.3 Å². The summed E-state index contributed by atoms with van der Waals surface area (Å²) in [6.07, 6.45) is -3.68. The standard InChI is InChI=1S/C23H24F3N5O3S/c1-3-12-31(22(33)27-17-5-4-6-18(14-17)34-2)13-11-19(32)28-21-30-29-20(35-21)15-7-9-16(10-8-15)23(24,25)26/h4-10,14H,3,11-13H2,1-2H3,(H,27,33)(H,28,30,32). The second kappa shape index (κ2) is 11.6. The van der Waals surface area contributed by atoms with E-state index in [1.165, 1.54) is 24.1 Å². The molecule has 1 aromatic heterocycles. The third-order valence-corrected chi connectivity index (χ3v) is 5.73. The van der Waals surface area contributed by atoms with Gasteiger partial charge in [-0.05, 0) is 30.7 Å². The summed E-state index contributed by atoms with van der Waals surface area (Å²) in [5.41, 5.74) is 0.273. The minimum absolute atomic E-state index is 0.0285.